The van der Waals surface area contributed by atoms with Crippen LogP contribution < -0.4 is 10.6 Å². The number of aromatic nitrogens is 3. The number of guanidine groups is 1. The molecular formula is C15H27IN6O. The summed E-state index contributed by atoms with van der Waals surface area (Å²) in [6, 6.07) is 0.924. The fourth-order valence-electron chi connectivity index (χ4n) is 2.85. The number of halogens is 1. The molecule has 1 aliphatic carbocycles. The Hall–Kier alpha value is -0.900. The highest BCUT2D eigenvalue weighted by Crippen LogP contribution is 2.28. The molecule has 1 aliphatic heterocycles. The summed E-state index contributed by atoms with van der Waals surface area (Å²) < 4.78 is 7.11. The van der Waals surface area contributed by atoms with Crippen molar-refractivity contribution in [3.63, 3.8) is 0 Å². The predicted molar refractivity (Wildman–Crippen MR) is 100 cm³/mol. The zero-order valence-electron chi connectivity index (χ0n) is 14.1. The Morgan fingerprint density at radius 3 is 2.87 bits per heavy atom. The summed E-state index contributed by atoms with van der Waals surface area (Å²) in [5.74, 6) is 3.52. The molecule has 0 bridgehead atoms. The lowest BCUT2D eigenvalue weighted by molar-refractivity contribution is 0.177. The normalized spacial score (nSPS) is 26.2. The predicted octanol–water partition coefficient (Wildman–Crippen LogP) is 1.32. The van der Waals surface area contributed by atoms with Gasteiger partial charge in [-0.1, -0.05) is 6.92 Å². The summed E-state index contributed by atoms with van der Waals surface area (Å²) in [7, 11) is 1.67. The van der Waals surface area contributed by atoms with Crippen LogP contribution in [-0.2, 0) is 24.3 Å². The molecule has 23 heavy (non-hydrogen) atoms. The third kappa shape index (κ3) is 4.79. The first-order valence-electron chi connectivity index (χ1n) is 8.18. The van der Waals surface area contributed by atoms with Crippen molar-refractivity contribution in [1.29, 1.82) is 0 Å². The summed E-state index contributed by atoms with van der Waals surface area (Å²) in [5.41, 5.74) is 0. The van der Waals surface area contributed by atoms with Crippen LogP contribution in [-0.4, -0.2) is 46.5 Å². The minimum absolute atomic E-state index is 0. The SMILES string of the molecule is CCN=C(NC1CCc2nc(COC)nn2C1)NC1CC1C.I. The van der Waals surface area contributed by atoms with Gasteiger partial charge in [0.2, 0.25) is 0 Å². The maximum atomic E-state index is 5.11. The van der Waals surface area contributed by atoms with Crippen molar-refractivity contribution in [1.82, 2.24) is 25.4 Å². The number of hydrogen-bond donors (Lipinski definition) is 2. The molecule has 3 rings (SSSR count). The first-order valence-corrected chi connectivity index (χ1v) is 8.18. The Kier molecular flexibility index (Phi) is 6.63. The molecule has 1 fully saturated rings. The van der Waals surface area contributed by atoms with E-state index in [2.05, 4.69) is 39.6 Å². The number of nitrogens with zero attached hydrogens (tertiary/aromatic N) is 4. The summed E-state index contributed by atoms with van der Waals surface area (Å²) in [4.78, 5) is 9.06. The third-order valence-electron chi connectivity index (χ3n) is 4.26. The molecule has 130 valence electrons. The molecule has 7 nitrogen and oxygen atoms in total. The van der Waals surface area contributed by atoms with Crippen LogP contribution in [0.25, 0.3) is 0 Å². The zero-order chi connectivity index (χ0) is 15.5. The van der Waals surface area contributed by atoms with E-state index in [1.165, 1.54) is 6.42 Å². The molecule has 0 spiro atoms. The largest absolute Gasteiger partial charge is 0.377 e. The Bertz CT molecular complexity index is 546. The van der Waals surface area contributed by atoms with Crippen molar-refractivity contribution in [3.05, 3.63) is 11.6 Å². The number of nitrogens with one attached hydrogen (secondary N) is 2. The molecule has 8 heteroatoms. The second-order valence-electron chi connectivity index (χ2n) is 6.23. The summed E-state index contributed by atoms with van der Waals surface area (Å²) in [5, 5.41) is 11.6. The van der Waals surface area contributed by atoms with Gasteiger partial charge in [-0.05, 0) is 25.7 Å². The summed E-state index contributed by atoms with van der Waals surface area (Å²) >= 11 is 0. The average molecular weight is 434 g/mol. The molecule has 1 aromatic rings. The molecule has 0 saturated heterocycles. The van der Waals surface area contributed by atoms with Crippen LogP contribution in [0.1, 0.15) is 38.3 Å². The minimum Gasteiger partial charge on any atom is -0.377 e. The lowest BCUT2D eigenvalue weighted by Crippen LogP contribution is -2.48. The van der Waals surface area contributed by atoms with E-state index in [1.807, 2.05) is 4.68 Å². The maximum Gasteiger partial charge on any atom is 0.191 e. The van der Waals surface area contributed by atoms with Gasteiger partial charge in [0.25, 0.3) is 0 Å². The van der Waals surface area contributed by atoms with E-state index in [0.29, 0.717) is 18.7 Å². The highest BCUT2D eigenvalue weighted by Gasteiger charge is 2.33. The van der Waals surface area contributed by atoms with Gasteiger partial charge in [0.1, 0.15) is 12.4 Å². The number of aliphatic imine (C=N–C) groups is 1. The van der Waals surface area contributed by atoms with Crippen molar-refractivity contribution in [2.45, 2.75) is 58.3 Å². The fourth-order valence-corrected chi connectivity index (χ4v) is 2.85. The highest BCUT2D eigenvalue weighted by molar-refractivity contribution is 14.0. The topological polar surface area (TPSA) is 76.4 Å². The van der Waals surface area contributed by atoms with Gasteiger partial charge in [-0.15, -0.1) is 24.0 Å². The van der Waals surface area contributed by atoms with Gasteiger partial charge in [0, 0.05) is 32.2 Å². The number of hydrogen-bond acceptors (Lipinski definition) is 4. The molecule has 3 unspecified atom stereocenters. The monoisotopic (exact) mass is 434 g/mol. The van der Waals surface area contributed by atoms with Gasteiger partial charge in [0.15, 0.2) is 11.8 Å². The Morgan fingerprint density at radius 2 is 2.22 bits per heavy atom. The summed E-state index contributed by atoms with van der Waals surface area (Å²) in [6.07, 6.45) is 3.23. The van der Waals surface area contributed by atoms with Crippen molar-refractivity contribution in [2.24, 2.45) is 10.9 Å². The maximum absolute atomic E-state index is 5.11. The third-order valence-corrected chi connectivity index (χ3v) is 4.26. The van der Waals surface area contributed by atoms with Crippen LogP contribution in [0.15, 0.2) is 4.99 Å². The van der Waals surface area contributed by atoms with Gasteiger partial charge in [-0.25, -0.2) is 9.67 Å². The van der Waals surface area contributed by atoms with Crippen molar-refractivity contribution < 1.29 is 4.74 Å². The standard InChI is InChI=1S/C15H26N6O.HI/c1-4-16-15(18-12-7-10(12)2)17-11-5-6-14-19-13(9-22-3)20-21(14)8-11;/h10-12H,4-9H2,1-3H3,(H2,16,17,18);1H. The minimum atomic E-state index is 0. The molecule has 1 aromatic heterocycles. The molecular weight excluding hydrogens is 407 g/mol. The molecule has 0 radical (unpaired) electrons. The van der Waals surface area contributed by atoms with Crippen molar-refractivity contribution >= 4 is 29.9 Å². The second-order valence-corrected chi connectivity index (χ2v) is 6.23. The van der Waals surface area contributed by atoms with Gasteiger partial charge in [-0.2, -0.15) is 5.10 Å². The van der Waals surface area contributed by atoms with Crippen LogP contribution in [0.2, 0.25) is 0 Å². The number of aryl methyl sites for hydroxylation is 1. The van der Waals surface area contributed by atoms with E-state index < -0.39 is 0 Å². The Balaban J connectivity index is 0.00000192. The van der Waals surface area contributed by atoms with Crippen molar-refractivity contribution in [3.8, 4) is 0 Å². The molecule has 1 saturated carbocycles. The number of ether oxygens (including phenoxy) is 1. The van der Waals surface area contributed by atoms with E-state index in [0.717, 1.165) is 49.5 Å². The second kappa shape index (κ2) is 8.27. The molecule has 2 N–H and O–H groups in total. The van der Waals surface area contributed by atoms with Gasteiger partial charge in [0.05, 0.1) is 6.54 Å². The molecule has 3 atom stereocenters. The van der Waals surface area contributed by atoms with E-state index in [9.17, 15) is 0 Å². The highest BCUT2D eigenvalue weighted by atomic mass is 127. The van der Waals surface area contributed by atoms with Crippen molar-refractivity contribution in [2.75, 3.05) is 13.7 Å². The first-order chi connectivity index (χ1) is 10.7. The Morgan fingerprint density at radius 1 is 1.43 bits per heavy atom. The average Bonchev–Trinajstić information content (AvgIpc) is 3.02. The quantitative estimate of drug-likeness (QED) is 0.416. The summed E-state index contributed by atoms with van der Waals surface area (Å²) in [6.45, 7) is 6.42. The van der Waals surface area contributed by atoms with Crippen LogP contribution >= 0.6 is 24.0 Å². The zero-order valence-corrected chi connectivity index (χ0v) is 16.4. The molecule has 2 aliphatic rings. The van der Waals surface area contributed by atoms with E-state index in [-0.39, 0.29) is 24.0 Å². The number of methoxy groups -OCH3 is 1. The number of rotatable bonds is 5. The molecule has 2 heterocycles. The van der Waals surface area contributed by atoms with Crippen LogP contribution in [0, 0.1) is 5.92 Å². The van der Waals surface area contributed by atoms with Gasteiger partial charge < -0.3 is 15.4 Å². The Labute approximate surface area is 154 Å². The van der Waals surface area contributed by atoms with Crippen LogP contribution in [0.5, 0.6) is 0 Å². The lowest BCUT2D eigenvalue weighted by atomic mass is 10.1. The van der Waals surface area contributed by atoms with E-state index in [4.69, 9.17) is 4.74 Å². The van der Waals surface area contributed by atoms with E-state index >= 15 is 0 Å². The van der Waals surface area contributed by atoms with E-state index in [1.54, 1.807) is 7.11 Å². The van der Waals surface area contributed by atoms with Crippen LogP contribution in [0.3, 0.4) is 0 Å². The fraction of sp³-hybridized carbons (Fsp3) is 0.800. The smallest absolute Gasteiger partial charge is 0.191 e. The number of fused-ring (bicyclic) bond motifs is 1. The first kappa shape index (κ1) is 18.4. The molecule has 0 amide bonds. The van der Waals surface area contributed by atoms with Gasteiger partial charge in [-0.3, -0.25) is 4.99 Å². The lowest BCUT2D eigenvalue weighted by Gasteiger charge is -2.25. The van der Waals surface area contributed by atoms with Gasteiger partial charge >= 0.3 is 0 Å². The molecule has 0 aromatic carbocycles. The van der Waals surface area contributed by atoms with Crippen LogP contribution in [0.4, 0.5) is 0 Å².